The lowest BCUT2D eigenvalue weighted by Gasteiger charge is -2.43. The molecular weight excluding hydrogens is 204 g/mol. The number of carbonyl (C=O) groups is 1. The highest BCUT2D eigenvalue weighted by atomic mass is 16.5. The van der Waals surface area contributed by atoms with E-state index >= 15 is 0 Å². The third-order valence-corrected chi connectivity index (χ3v) is 3.66. The van der Waals surface area contributed by atoms with Gasteiger partial charge in [0.25, 0.3) is 0 Å². The topological polar surface area (TPSA) is 46.5 Å². The van der Waals surface area contributed by atoms with Crippen molar-refractivity contribution in [1.29, 1.82) is 0 Å². The number of rotatable bonds is 3. The van der Waals surface area contributed by atoms with Crippen LogP contribution in [0.5, 0.6) is 0 Å². The van der Waals surface area contributed by atoms with Crippen molar-refractivity contribution in [1.82, 2.24) is 0 Å². The molecule has 2 atom stereocenters. The summed E-state index contributed by atoms with van der Waals surface area (Å²) in [5.74, 6) is -0.175. The van der Waals surface area contributed by atoms with Crippen LogP contribution in [0.1, 0.15) is 40.0 Å². The van der Waals surface area contributed by atoms with Crippen molar-refractivity contribution in [2.45, 2.75) is 46.1 Å². The fourth-order valence-electron chi connectivity index (χ4n) is 2.42. The summed E-state index contributed by atoms with van der Waals surface area (Å²) in [6.07, 6.45) is 1.51. The SMILES string of the molecule is C=C1CC[C@H](O)C(C)(C)[C@@H]1CC(=O)OCC. The van der Waals surface area contributed by atoms with Crippen molar-refractivity contribution >= 4 is 5.97 Å². The molecule has 0 radical (unpaired) electrons. The van der Waals surface area contributed by atoms with Crippen molar-refractivity contribution in [3.05, 3.63) is 12.2 Å². The Morgan fingerprint density at radius 2 is 2.25 bits per heavy atom. The van der Waals surface area contributed by atoms with Gasteiger partial charge in [0, 0.05) is 0 Å². The van der Waals surface area contributed by atoms with E-state index in [1.54, 1.807) is 6.92 Å². The van der Waals surface area contributed by atoms with Crippen molar-refractivity contribution in [3.8, 4) is 0 Å². The van der Waals surface area contributed by atoms with Gasteiger partial charge in [0.2, 0.25) is 0 Å². The maximum Gasteiger partial charge on any atom is 0.306 e. The zero-order valence-electron chi connectivity index (χ0n) is 10.5. The van der Waals surface area contributed by atoms with Gasteiger partial charge < -0.3 is 9.84 Å². The predicted octanol–water partition coefficient (Wildman–Crippen LogP) is 2.29. The fourth-order valence-corrected chi connectivity index (χ4v) is 2.42. The van der Waals surface area contributed by atoms with Crippen LogP contribution in [-0.4, -0.2) is 23.8 Å². The van der Waals surface area contributed by atoms with Gasteiger partial charge in [-0.1, -0.05) is 26.0 Å². The Morgan fingerprint density at radius 1 is 1.62 bits per heavy atom. The number of allylic oxidation sites excluding steroid dienone is 1. The van der Waals surface area contributed by atoms with E-state index in [1.165, 1.54) is 0 Å². The van der Waals surface area contributed by atoms with Crippen molar-refractivity contribution in [3.63, 3.8) is 0 Å². The summed E-state index contributed by atoms with van der Waals surface area (Å²) in [4.78, 5) is 11.5. The number of hydrogen-bond donors (Lipinski definition) is 1. The summed E-state index contributed by atoms with van der Waals surface area (Å²) in [5, 5.41) is 9.97. The number of carbonyl (C=O) groups excluding carboxylic acids is 1. The minimum Gasteiger partial charge on any atom is -0.466 e. The van der Waals surface area contributed by atoms with Gasteiger partial charge in [-0.05, 0) is 31.1 Å². The molecule has 0 aromatic carbocycles. The second-order valence-corrected chi connectivity index (χ2v) is 5.10. The fraction of sp³-hybridized carbons (Fsp3) is 0.769. The third kappa shape index (κ3) is 2.64. The van der Waals surface area contributed by atoms with Gasteiger partial charge in [-0.2, -0.15) is 0 Å². The summed E-state index contributed by atoms with van der Waals surface area (Å²) in [7, 11) is 0. The van der Waals surface area contributed by atoms with Gasteiger partial charge in [-0.25, -0.2) is 0 Å². The summed E-state index contributed by atoms with van der Waals surface area (Å²) in [6, 6.07) is 0. The van der Waals surface area contributed by atoms with Gasteiger partial charge in [0.1, 0.15) is 0 Å². The van der Waals surface area contributed by atoms with Gasteiger partial charge in [-0.15, -0.1) is 0 Å². The van der Waals surface area contributed by atoms with Crippen LogP contribution < -0.4 is 0 Å². The Morgan fingerprint density at radius 3 is 2.81 bits per heavy atom. The summed E-state index contributed by atoms with van der Waals surface area (Å²) in [6.45, 7) is 10.2. The standard InChI is InChI=1S/C13H22O3/c1-5-16-12(15)8-10-9(2)6-7-11(14)13(10,3)4/h10-11,14H,2,5-8H2,1,3-4H3/t10-,11+/m1/s1. The number of aliphatic hydroxyl groups is 1. The van der Waals surface area contributed by atoms with E-state index in [9.17, 15) is 9.90 Å². The predicted molar refractivity (Wildman–Crippen MR) is 62.9 cm³/mol. The zero-order chi connectivity index (χ0) is 12.3. The minimum atomic E-state index is -0.363. The smallest absolute Gasteiger partial charge is 0.306 e. The van der Waals surface area contributed by atoms with Crippen LogP contribution in [0, 0.1) is 11.3 Å². The second-order valence-electron chi connectivity index (χ2n) is 5.10. The third-order valence-electron chi connectivity index (χ3n) is 3.66. The zero-order valence-corrected chi connectivity index (χ0v) is 10.5. The molecular formula is C13H22O3. The van der Waals surface area contributed by atoms with Crippen LogP contribution >= 0.6 is 0 Å². The van der Waals surface area contributed by atoms with Crippen molar-refractivity contribution in [2.75, 3.05) is 6.61 Å². The van der Waals surface area contributed by atoms with E-state index in [4.69, 9.17) is 4.74 Å². The van der Waals surface area contributed by atoms with E-state index in [2.05, 4.69) is 6.58 Å². The average molecular weight is 226 g/mol. The Labute approximate surface area is 97.5 Å². The molecule has 1 rings (SSSR count). The molecule has 0 amide bonds. The molecule has 16 heavy (non-hydrogen) atoms. The molecule has 92 valence electrons. The molecule has 0 heterocycles. The molecule has 1 fully saturated rings. The summed E-state index contributed by atoms with van der Waals surface area (Å²) < 4.78 is 4.96. The summed E-state index contributed by atoms with van der Waals surface area (Å²) >= 11 is 0. The molecule has 0 aliphatic heterocycles. The van der Waals surface area contributed by atoms with Crippen molar-refractivity contribution < 1.29 is 14.6 Å². The van der Waals surface area contributed by atoms with Gasteiger partial charge in [0.15, 0.2) is 0 Å². The highest BCUT2D eigenvalue weighted by Gasteiger charge is 2.42. The minimum absolute atomic E-state index is 0.0234. The summed E-state index contributed by atoms with van der Waals surface area (Å²) in [5.41, 5.74) is 0.769. The molecule has 0 unspecified atom stereocenters. The van der Waals surface area contributed by atoms with Crippen LogP contribution in [0.3, 0.4) is 0 Å². The van der Waals surface area contributed by atoms with E-state index in [1.807, 2.05) is 13.8 Å². The molecule has 0 aromatic rings. The lowest BCUT2D eigenvalue weighted by Crippen LogP contribution is -2.42. The average Bonchev–Trinajstić information content (AvgIpc) is 2.20. The monoisotopic (exact) mass is 226 g/mol. The first-order valence-corrected chi connectivity index (χ1v) is 5.91. The Hall–Kier alpha value is -0.830. The first-order valence-electron chi connectivity index (χ1n) is 5.91. The highest BCUT2D eigenvalue weighted by molar-refractivity contribution is 5.70. The van der Waals surface area contributed by atoms with E-state index < -0.39 is 0 Å². The molecule has 3 nitrogen and oxygen atoms in total. The molecule has 0 bridgehead atoms. The lowest BCUT2D eigenvalue weighted by molar-refractivity contribution is -0.146. The molecule has 0 spiro atoms. The largest absolute Gasteiger partial charge is 0.466 e. The Kier molecular flexibility index (Phi) is 4.14. The maximum atomic E-state index is 11.5. The van der Waals surface area contributed by atoms with E-state index in [0.29, 0.717) is 13.0 Å². The quantitative estimate of drug-likeness (QED) is 0.593. The first kappa shape index (κ1) is 13.2. The maximum absolute atomic E-state index is 11.5. The normalized spacial score (nSPS) is 28.9. The molecule has 0 aromatic heterocycles. The second kappa shape index (κ2) is 5.00. The van der Waals surface area contributed by atoms with Crippen molar-refractivity contribution in [2.24, 2.45) is 11.3 Å². The molecule has 0 saturated heterocycles. The number of hydrogen-bond acceptors (Lipinski definition) is 3. The van der Waals surface area contributed by atoms with Gasteiger partial charge in [0.05, 0.1) is 19.1 Å². The van der Waals surface area contributed by atoms with E-state index in [-0.39, 0.29) is 23.4 Å². The van der Waals surface area contributed by atoms with Crippen LogP contribution in [0.15, 0.2) is 12.2 Å². The number of ether oxygens (including phenoxy) is 1. The van der Waals surface area contributed by atoms with Crippen LogP contribution in [0.2, 0.25) is 0 Å². The van der Waals surface area contributed by atoms with Crippen LogP contribution in [0.4, 0.5) is 0 Å². The Bertz CT molecular complexity index is 281. The molecule has 3 heteroatoms. The number of aliphatic hydroxyl groups excluding tert-OH is 1. The Balaban J connectivity index is 2.74. The first-order chi connectivity index (χ1) is 7.39. The molecule has 1 aliphatic carbocycles. The highest BCUT2D eigenvalue weighted by Crippen LogP contribution is 2.45. The van der Waals surface area contributed by atoms with Gasteiger partial charge in [-0.3, -0.25) is 4.79 Å². The van der Waals surface area contributed by atoms with Gasteiger partial charge >= 0.3 is 5.97 Å². The van der Waals surface area contributed by atoms with Crippen LogP contribution in [-0.2, 0) is 9.53 Å². The molecule has 1 saturated carbocycles. The van der Waals surface area contributed by atoms with Crippen LogP contribution in [0.25, 0.3) is 0 Å². The van der Waals surface area contributed by atoms with E-state index in [0.717, 1.165) is 18.4 Å². The molecule has 1 aliphatic rings. The number of esters is 1. The lowest BCUT2D eigenvalue weighted by atomic mass is 9.64. The molecule has 1 N–H and O–H groups in total.